The van der Waals surface area contributed by atoms with Crippen LogP contribution in [0.3, 0.4) is 0 Å². The summed E-state index contributed by atoms with van der Waals surface area (Å²) in [4.78, 5) is 0. The van der Waals surface area contributed by atoms with Crippen LogP contribution in [0.2, 0.25) is 0 Å². The number of ether oxygens (including phenoxy) is 3. The van der Waals surface area contributed by atoms with Crippen molar-refractivity contribution < 1.29 is 18.6 Å². The van der Waals surface area contributed by atoms with Gasteiger partial charge in [0.2, 0.25) is 0 Å². The van der Waals surface area contributed by atoms with Crippen molar-refractivity contribution in [2.75, 3.05) is 26.9 Å². The Morgan fingerprint density at radius 3 is 2.82 bits per heavy atom. The normalized spacial score (nSPS) is 15.5. The summed E-state index contributed by atoms with van der Waals surface area (Å²) in [5, 5.41) is 0. The number of rotatable bonds is 3. The summed E-state index contributed by atoms with van der Waals surface area (Å²) in [5.74, 6) is 0.646. The first-order valence-electron chi connectivity index (χ1n) is 5.55. The van der Waals surface area contributed by atoms with Crippen LogP contribution in [0.5, 0.6) is 17.2 Å². The minimum absolute atomic E-state index is 0.0592. The molecule has 0 saturated carbocycles. The van der Waals surface area contributed by atoms with Gasteiger partial charge in [-0.2, -0.15) is 0 Å². The van der Waals surface area contributed by atoms with E-state index in [9.17, 15) is 4.39 Å². The number of hydrogen-bond donors (Lipinski definition) is 1. The van der Waals surface area contributed by atoms with Gasteiger partial charge in [0.1, 0.15) is 13.2 Å². The molecular formula is C12H16FNO3. The average molecular weight is 241 g/mol. The van der Waals surface area contributed by atoms with Crippen LogP contribution >= 0.6 is 0 Å². The third kappa shape index (κ3) is 2.02. The Balaban J connectivity index is 2.61. The second-order valence-electron chi connectivity index (χ2n) is 3.97. The summed E-state index contributed by atoms with van der Waals surface area (Å²) in [6.45, 7) is 3.16. The third-order valence-corrected chi connectivity index (χ3v) is 2.83. The quantitative estimate of drug-likeness (QED) is 0.874. The lowest BCUT2D eigenvalue weighted by Crippen LogP contribution is -2.20. The Morgan fingerprint density at radius 2 is 2.18 bits per heavy atom. The van der Waals surface area contributed by atoms with Gasteiger partial charge >= 0.3 is 0 Å². The third-order valence-electron chi connectivity index (χ3n) is 2.83. The number of halogens is 1. The number of fused-ring (bicyclic) bond motifs is 1. The van der Waals surface area contributed by atoms with Gasteiger partial charge in [-0.15, -0.1) is 0 Å². The molecule has 1 aromatic rings. The molecule has 4 nitrogen and oxygen atoms in total. The van der Waals surface area contributed by atoms with Crippen molar-refractivity contribution in [3.63, 3.8) is 0 Å². The lowest BCUT2D eigenvalue weighted by atomic mass is 9.98. The summed E-state index contributed by atoms with van der Waals surface area (Å²) in [6, 6.07) is 1.29. The zero-order valence-corrected chi connectivity index (χ0v) is 9.96. The fraction of sp³-hybridized carbons (Fsp3) is 0.500. The van der Waals surface area contributed by atoms with Crippen LogP contribution in [-0.4, -0.2) is 26.9 Å². The summed E-state index contributed by atoms with van der Waals surface area (Å²) >= 11 is 0. The van der Waals surface area contributed by atoms with Crippen molar-refractivity contribution in [1.29, 1.82) is 0 Å². The van der Waals surface area contributed by atoms with Crippen LogP contribution in [0.15, 0.2) is 6.07 Å². The van der Waals surface area contributed by atoms with Crippen LogP contribution < -0.4 is 19.9 Å². The van der Waals surface area contributed by atoms with Crippen molar-refractivity contribution >= 4 is 0 Å². The molecule has 0 fully saturated rings. The molecule has 94 valence electrons. The van der Waals surface area contributed by atoms with E-state index in [1.807, 2.05) is 6.92 Å². The minimum atomic E-state index is -0.452. The van der Waals surface area contributed by atoms with E-state index in [1.165, 1.54) is 13.2 Å². The predicted octanol–water partition coefficient (Wildman–Crippen LogP) is 1.67. The number of benzene rings is 1. The van der Waals surface area contributed by atoms with Crippen LogP contribution in [0.4, 0.5) is 4.39 Å². The Bertz CT molecular complexity index is 423. The van der Waals surface area contributed by atoms with E-state index in [2.05, 4.69) is 0 Å². The van der Waals surface area contributed by atoms with Crippen LogP contribution in [-0.2, 0) is 0 Å². The Labute approximate surface area is 99.5 Å². The van der Waals surface area contributed by atoms with E-state index in [0.717, 1.165) is 0 Å². The standard InChI is InChI=1S/C12H16FNO3/c1-7(6-14)10-11(15-2)8(13)5-9-12(10)17-4-3-16-9/h5,7H,3-4,6,14H2,1-2H3. The number of nitrogens with two attached hydrogens (primary N) is 1. The highest BCUT2D eigenvalue weighted by molar-refractivity contribution is 5.56. The van der Waals surface area contributed by atoms with Crippen molar-refractivity contribution in [3.8, 4) is 17.2 Å². The SMILES string of the molecule is COc1c(F)cc2c(c1C(C)CN)OCCO2. The largest absolute Gasteiger partial charge is 0.493 e. The first-order chi connectivity index (χ1) is 8.19. The first kappa shape index (κ1) is 12.0. The molecule has 0 amide bonds. The molecule has 0 saturated heterocycles. The molecule has 1 aromatic carbocycles. The maximum absolute atomic E-state index is 13.8. The van der Waals surface area contributed by atoms with Gasteiger partial charge < -0.3 is 19.9 Å². The van der Waals surface area contributed by atoms with E-state index in [4.69, 9.17) is 19.9 Å². The van der Waals surface area contributed by atoms with Gasteiger partial charge in [-0.3, -0.25) is 0 Å². The molecule has 0 aliphatic carbocycles. The summed E-state index contributed by atoms with van der Waals surface area (Å²) < 4.78 is 29.9. The molecule has 1 atom stereocenters. The van der Waals surface area contributed by atoms with Crippen molar-refractivity contribution in [1.82, 2.24) is 0 Å². The van der Waals surface area contributed by atoms with E-state index in [-0.39, 0.29) is 11.7 Å². The summed E-state index contributed by atoms with van der Waals surface area (Å²) in [5.41, 5.74) is 6.28. The van der Waals surface area contributed by atoms with Gasteiger partial charge in [0.15, 0.2) is 23.1 Å². The fourth-order valence-corrected chi connectivity index (χ4v) is 1.94. The van der Waals surface area contributed by atoms with E-state index < -0.39 is 5.82 Å². The lowest BCUT2D eigenvalue weighted by Gasteiger charge is -2.25. The maximum atomic E-state index is 13.8. The molecular weight excluding hydrogens is 225 g/mol. The number of hydrogen-bond acceptors (Lipinski definition) is 4. The van der Waals surface area contributed by atoms with E-state index in [1.54, 1.807) is 0 Å². The zero-order chi connectivity index (χ0) is 12.4. The molecule has 0 bridgehead atoms. The molecule has 0 radical (unpaired) electrons. The highest BCUT2D eigenvalue weighted by Gasteiger charge is 2.26. The van der Waals surface area contributed by atoms with Gasteiger partial charge in [0, 0.05) is 17.5 Å². The van der Waals surface area contributed by atoms with Crippen LogP contribution in [0.25, 0.3) is 0 Å². The maximum Gasteiger partial charge on any atom is 0.169 e. The summed E-state index contributed by atoms with van der Waals surface area (Å²) in [6.07, 6.45) is 0. The average Bonchev–Trinajstić information content (AvgIpc) is 2.36. The van der Waals surface area contributed by atoms with Gasteiger partial charge in [-0.05, 0) is 6.54 Å². The fourth-order valence-electron chi connectivity index (χ4n) is 1.94. The molecule has 0 spiro atoms. The second kappa shape index (κ2) is 4.79. The van der Waals surface area contributed by atoms with Crippen LogP contribution in [0.1, 0.15) is 18.4 Å². The number of methoxy groups -OCH3 is 1. The van der Waals surface area contributed by atoms with Gasteiger partial charge in [0.25, 0.3) is 0 Å². The molecule has 2 rings (SSSR count). The molecule has 2 N–H and O–H groups in total. The lowest BCUT2D eigenvalue weighted by molar-refractivity contribution is 0.167. The van der Waals surface area contributed by atoms with E-state index >= 15 is 0 Å². The molecule has 0 aromatic heterocycles. The molecule has 17 heavy (non-hydrogen) atoms. The monoisotopic (exact) mass is 241 g/mol. The highest BCUT2D eigenvalue weighted by atomic mass is 19.1. The Hall–Kier alpha value is -1.49. The van der Waals surface area contributed by atoms with Crippen LogP contribution in [0, 0.1) is 5.82 Å². The molecule has 1 aliphatic rings. The highest BCUT2D eigenvalue weighted by Crippen LogP contribution is 2.44. The van der Waals surface area contributed by atoms with Gasteiger partial charge in [0.05, 0.1) is 7.11 Å². The predicted molar refractivity (Wildman–Crippen MR) is 61.4 cm³/mol. The van der Waals surface area contributed by atoms with Crippen molar-refractivity contribution in [2.24, 2.45) is 5.73 Å². The molecule has 1 heterocycles. The van der Waals surface area contributed by atoms with Gasteiger partial charge in [-0.25, -0.2) is 4.39 Å². The molecule has 1 unspecified atom stereocenters. The summed E-state index contributed by atoms with van der Waals surface area (Å²) in [7, 11) is 1.43. The Kier molecular flexibility index (Phi) is 3.38. The minimum Gasteiger partial charge on any atom is -0.493 e. The first-order valence-corrected chi connectivity index (χ1v) is 5.55. The zero-order valence-electron chi connectivity index (χ0n) is 9.96. The Morgan fingerprint density at radius 1 is 1.47 bits per heavy atom. The smallest absolute Gasteiger partial charge is 0.169 e. The second-order valence-corrected chi connectivity index (χ2v) is 3.97. The molecule has 1 aliphatic heterocycles. The molecule has 5 heteroatoms. The van der Waals surface area contributed by atoms with E-state index in [0.29, 0.717) is 36.8 Å². The van der Waals surface area contributed by atoms with Gasteiger partial charge in [-0.1, -0.05) is 6.92 Å². The topological polar surface area (TPSA) is 53.7 Å². The van der Waals surface area contributed by atoms with Crippen molar-refractivity contribution in [2.45, 2.75) is 12.8 Å². The van der Waals surface area contributed by atoms with Crippen molar-refractivity contribution in [3.05, 3.63) is 17.4 Å².